The highest BCUT2D eigenvalue weighted by Crippen LogP contribution is 2.11. The van der Waals surface area contributed by atoms with Crippen LogP contribution in [-0.4, -0.2) is 25.7 Å². The minimum Gasteiger partial charge on any atom is -0.311 e. The van der Waals surface area contributed by atoms with Gasteiger partial charge in [-0.2, -0.15) is 5.10 Å². The van der Waals surface area contributed by atoms with E-state index in [0.717, 1.165) is 42.4 Å². The van der Waals surface area contributed by atoms with E-state index in [4.69, 9.17) is 0 Å². The molecule has 0 atom stereocenters. The zero-order valence-corrected chi connectivity index (χ0v) is 12.7. The standard InChI is InChI=1S/C14H19N5S/c1-11-8-12(2)19(17-11)5-3-4-15-9-13-10-18-6-7-20-14(18)16-13/h6-8,10,15H,3-5,9H2,1-2H3. The van der Waals surface area contributed by atoms with Crippen LogP contribution in [0.2, 0.25) is 0 Å². The summed E-state index contributed by atoms with van der Waals surface area (Å²) in [6.07, 6.45) is 5.20. The SMILES string of the molecule is Cc1cc(C)n(CCCNCc2cn3ccsc3n2)n1. The number of hydrogen-bond donors (Lipinski definition) is 1. The topological polar surface area (TPSA) is 47.2 Å². The van der Waals surface area contributed by atoms with Crippen LogP contribution in [0, 0.1) is 13.8 Å². The van der Waals surface area contributed by atoms with Crippen molar-refractivity contribution in [1.82, 2.24) is 24.5 Å². The Hall–Kier alpha value is -1.66. The Morgan fingerprint density at radius 3 is 3.00 bits per heavy atom. The van der Waals surface area contributed by atoms with Gasteiger partial charge in [-0.25, -0.2) is 4.98 Å². The van der Waals surface area contributed by atoms with Crippen LogP contribution in [0.5, 0.6) is 0 Å². The van der Waals surface area contributed by atoms with E-state index in [-0.39, 0.29) is 0 Å². The zero-order valence-electron chi connectivity index (χ0n) is 11.8. The van der Waals surface area contributed by atoms with Crippen molar-refractivity contribution in [2.45, 2.75) is 33.4 Å². The van der Waals surface area contributed by atoms with E-state index < -0.39 is 0 Å². The molecule has 0 aliphatic heterocycles. The number of nitrogens with zero attached hydrogens (tertiary/aromatic N) is 4. The Kier molecular flexibility index (Phi) is 3.84. The lowest BCUT2D eigenvalue weighted by molar-refractivity contribution is 0.530. The van der Waals surface area contributed by atoms with E-state index in [1.165, 1.54) is 5.69 Å². The van der Waals surface area contributed by atoms with Gasteiger partial charge in [-0.15, -0.1) is 11.3 Å². The Labute approximate surface area is 122 Å². The second-order valence-corrected chi connectivity index (χ2v) is 5.88. The molecule has 0 unspecified atom stereocenters. The minimum absolute atomic E-state index is 0.825. The molecule has 0 spiro atoms. The molecule has 0 radical (unpaired) electrons. The van der Waals surface area contributed by atoms with Gasteiger partial charge in [0, 0.05) is 36.6 Å². The summed E-state index contributed by atoms with van der Waals surface area (Å²) >= 11 is 1.67. The largest absolute Gasteiger partial charge is 0.311 e. The van der Waals surface area contributed by atoms with Crippen molar-refractivity contribution >= 4 is 16.3 Å². The predicted molar refractivity (Wildman–Crippen MR) is 81.1 cm³/mol. The van der Waals surface area contributed by atoms with E-state index in [0.29, 0.717) is 0 Å². The summed E-state index contributed by atoms with van der Waals surface area (Å²) in [4.78, 5) is 5.61. The van der Waals surface area contributed by atoms with Gasteiger partial charge in [0.25, 0.3) is 0 Å². The molecule has 0 amide bonds. The number of nitrogens with one attached hydrogen (secondary N) is 1. The normalized spacial score (nSPS) is 11.5. The minimum atomic E-state index is 0.825. The van der Waals surface area contributed by atoms with Gasteiger partial charge in [-0.1, -0.05) is 0 Å². The molecule has 0 saturated carbocycles. The number of imidazole rings is 1. The molecule has 0 bridgehead atoms. The van der Waals surface area contributed by atoms with Crippen molar-refractivity contribution in [3.63, 3.8) is 0 Å². The summed E-state index contributed by atoms with van der Waals surface area (Å²) in [5, 5.41) is 9.95. The molecule has 0 aliphatic carbocycles. The van der Waals surface area contributed by atoms with E-state index in [1.807, 2.05) is 18.5 Å². The maximum absolute atomic E-state index is 4.55. The Balaban J connectivity index is 1.42. The molecule has 5 nitrogen and oxygen atoms in total. The van der Waals surface area contributed by atoms with Crippen LogP contribution in [0.25, 0.3) is 4.96 Å². The smallest absolute Gasteiger partial charge is 0.193 e. The van der Waals surface area contributed by atoms with Gasteiger partial charge in [-0.3, -0.25) is 9.08 Å². The highest BCUT2D eigenvalue weighted by molar-refractivity contribution is 7.15. The summed E-state index contributed by atoms with van der Waals surface area (Å²) in [6, 6.07) is 2.12. The van der Waals surface area contributed by atoms with E-state index in [2.05, 4.69) is 43.7 Å². The fraction of sp³-hybridized carbons (Fsp3) is 0.429. The van der Waals surface area contributed by atoms with E-state index >= 15 is 0 Å². The van der Waals surface area contributed by atoms with Crippen LogP contribution in [-0.2, 0) is 13.1 Å². The lowest BCUT2D eigenvalue weighted by Crippen LogP contribution is -2.17. The molecule has 106 valence electrons. The third kappa shape index (κ3) is 2.91. The Morgan fingerprint density at radius 2 is 2.25 bits per heavy atom. The second-order valence-electron chi connectivity index (χ2n) is 5.01. The Bertz CT molecular complexity index is 665. The fourth-order valence-corrected chi connectivity index (χ4v) is 3.05. The van der Waals surface area contributed by atoms with Gasteiger partial charge in [0.05, 0.1) is 11.4 Å². The summed E-state index contributed by atoms with van der Waals surface area (Å²) in [6.45, 7) is 6.90. The molecule has 6 heteroatoms. The lowest BCUT2D eigenvalue weighted by Gasteiger charge is -2.05. The van der Waals surface area contributed by atoms with Gasteiger partial charge < -0.3 is 5.32 Å². The molecular weight excluding hydrogens is 270 g/mol. The van der Waals surface area contributed by atoms with Crippen molar-refractivity contribution in [1.29, 1.82) is 0 Å². The van der Waals surface area contributed by atoms with Crippen molar-refractivity contribution in [3.05, 3.63) is 40.9 Å². The predicted octanol–water partition coefficient (Wildman–Crippen LogP) is 2.39. The quantitative estimate of drug-likeness (QED) is 0.709. The van der Waals surface area contributed by atoms with Gasteiger partial charge in [0.15, 0.2) is 4.96 Å². The number of hydrogen-bond acceptors (Lipinski definition) is 4. The van der Waals surface area contributed by atoms with Crippen molar-refractivity contribution < 1.29 is 0 Å². The third-order valence-corrected chi connectivity index (χ3v) is 4.05. The lowest BCUT2D eigenvalue weighted by atomic mass is 10.3. The first-order chi connectivity index (χ1) is 9.72. The van der Waals surface area contributed by atoms with Crippen LogP contribution < -0.4 is 5.32 Å². The van der Waals surface area contributed by atoms with Gasteiger partial charge in [0.1, 0.15) is 0 Å². The van der Waals surface area contributed by atoms with Crippen LogP contribution in [0.4, 0.5) is 0 Å². The highest BCUT2D eigenvalue weighted by Gasteiger charge is 2.02. The molecule has 1 N–H and O–H groups in total. The van der Waals surface area contributed by atoms with E-state index in [9.17, 15) is 0 Å². The molecule has 0 aliphatic rings. The fourth-order valence-electron chi connectivity index (χ4n) is 2.33. The average molecular weight is 289 g/mol. The molecule has 0 fully saturated rings. The molecule has 0 saturated heterocycles. The van der Waals surface area contributed by atoms with E-state index in [1.54, 1.807) is 11.3 Å². The van der Waals surface area contributed by atoms with Gasteiger partial charge in [0.2, 0.25) is 0 Å². The summed E-state index contributed by atoms with van der Waals surface area (Å²) < 4.78 is 4.14. The average Bonchev–Trinajstić information content (AvgIpc) is 3.04. The first kappa shape index (κ1) is 13.3. The van der Waals surface area contributed by atoms with Crippen LogP contribution in [0.1, 0.15) is 23.5 Å². The zero-order chi connectivity index (χ0) is 13.9. The maximum atomic E-state index is 4.55. The van der Waals surface area contributed by atoms with Gasteiger partial charge >= 0.3 is 0 Å². The Morgan fingerprint density at radius 1 is 1.35 bits per heavy atom. The highest BCUT2D eigenvalue weighted by atomic mass is 32.1. The number of aromatic nitrogens is 4. The molecule has 3 aromatic rings. The maximum Gasteiger partial charge on any atom is 0.193 e. The number of rotatable bonds is 6. The van der Waals surface area contributed by atoms with Crippen LogP contribution in [0.3, 0.4) is 0 Å². The molecule has 3 heterocycles. The first-order valence-electron chi connectivity index (χ1n) is 6.85. The second kappa shape index (κ2) is 5.76. The van der Waals surface area contributed by atoms with Gasteiger partial charge in [-0.05, 0) is 32.9 Å². The molecule has 20 heavy (non-hydrogen) atoms. The third-order valence-electron chi connectivity index (χ3n) is 3.28. The molecule has 3 aromatic heterocycles. The molecule has 0 aromatic carbocycles. The summed E-state index contributed by atoms with van der Waals surface area (Å²) in [7, 11) is 0. The van der Waals surface area contributed by atoms with Crippen LogP contribution in [0.15, 0.2) is 23.8 Å². The number of aryl methyl sites for hydroxylation is 3. The monoisotopic (exact) mass is 289 g/mol. The van der Waals surface area contributed by atoms with Crippen LogP contribution >= 0.6 is 11.3 Å². The van der Waals surface area contributed by atoms with Crippen molar-refractivity contribution in [2.24, 2.45) is 0 Å². The number of fused-ring (bicyclic) bond motifs is 1. The summed E-state index contributed by atoms with van der Waals surface area (Å²) in [5.74, 6) is 0. The van der Waals surface area contributed by atoms with Crippen molar-refractivity contribution in [2.75, 3.05) is 6.54 Å². The molecule has 3 rings (SSSR count). The number of thiazole rings is 1. The summed E-state index contributed by atoms with van der Waals surface area (Å²) in [5.41, 5.74) is 3.42. The first-order valence-corrected chi connectivity index (χ1v) is 7.73. The molecular formula is C14H19N5S. The van der Waals surface area contributed by atoms with Crippen molar-refractivity contribution in [3.8, 4) is 0 Å².